The molecule has 0 aliphatic carbocycles. The summed E-state index contributed by atoms with van der Waals surface area (Å²) < 4.78 is 0.645. The molecule has 6 heteroatoms. The van der Waals surface area contributed by atoms with E-state index in [0.29, 0.717) is 10.2 Å². The third-order valence-electron chi connectivity index (χ3n) is 3.52. The maximum Gasteiger partial charge on any atom is 0.329 e. The van der Waals surface area contributed by atoms with E-state index in [2.05, 4.69) is 20.9 Å². The first-order chi connectivity index (χ1) is 9.26. The Morgan fingerprint density at radius 1 is 1.30 bits per heavy atom. The van der Waals surface area contributed by atoms with Crippen LogP contribution in [-0.4, -0.2) is 39.5 Å². The van der Waals surface area contributed by atoms with Crippen molar-refractivity contribution >= 4 is 38.7 Å². The van der Waals surface area contributed by atoms with Crippen molar-refractivity contribution in [3.05, 3.63) is 34.4 Å². The average Bonchev–Trinajstić information content (AvgIpc) is 2.75. The Morgan fingerprint density at radius 2 is 1.90 bits per heavy atom. The van der Waals surface area contributed by atoms with Crippen LogP contribution < -0.4 is 0 Å². The smallest absolute Gasteiger partial charge is 0.329 e. The van der Waals surface area contributed by atoms with Gasteiger partial charge in [0.05, 0.1) is 4.47 Å². The minimum Gasteiger partial charge on any atom is -0.480 e. The largest absolute Gasteiger partial charge is 0.480 e. The van der Waals surface area contributed by atoms with E-state index in [1.807, 2.05) is 24.3 Å². The Balaban J connectivity index is 2.46. The topological polar surface area (TPSA) is 73.4 Å². The lowest BCUT2D eigenvalue weighted by Crippen LogP contribution is -2.50. The molecule has 1 amide bonds. The maximum atomic E-state index is 12.5. The highest BCUT2D eigenvalue weighted by molar-refractivity contribution is 9.10. The monoisotopic (exact) mass is 338 g/mol. The van der Waals surface area contributed by atoms with Crippen molar-refractivity contribution < 1.29 is 14.7 Å². The normalized spacial score (nSPS) is 11.6. The number of carboxylic acid groups (broad SMARTS) is 1. The average molecular weight is 339 g/mol. The van der Waals surface area contributed by atoms with Gasteiger partial charge in [0.25, 0.3) is 5.91 Å². The third-order valence-corrected chi connectivity index (χ3v) is 4.35. The van der Waals surface area contributed by atoms with Crippen LogP contribution in [0.5, 0.6) is 0 Å². The lowest BCUT2D eigenvalue weighted by molar-refractivity contribution is -0.147. The Kier molecular flexibility index (Phi) is 3.60. The van der Waals surface area contributed by atoms with Crippen molar-refractivity contribution in [1.29, 1.82) is 0 Å². The molecule has 0 aliphatic heterocycles. The molecule has 1 aromatic heterocycles. The number of fused-ring (bicyclic) bond motifs is 1. The number of nitrogens with one attached hydrogen (secondary N) is 1. The molecule has 20 heavy (non-hydrogen) atoms. The Bertz CT molecular complexity index is 691. The van der Waals surface area contributed by atoms with Crippen molar-refractivity contribution in [2.45, 2.75) is 19.4 Å². The lowest BCUT2D eigenvalue weighted by atomic mass is 10.0. The maximum absolute atomic E-state index is 12.5. The molecule has 0 spiro atoms. The Hall–Kier alpha value is -1.82. The fraction of sp³-hybridized carbons (Fsp3) is 0.286. The van der Waals surface area contributed by atoms with E-state index in [1.165, 1.54) is 25.8 Å². The summed E-state index contributed by atoms with van der Waals surface area (Å²) in [6.07, 6.45) is 0. The van der Waals surface area contributed by atoms with Gasteiger partial charge >= 0.3 is 5.97 Å². The number of amides is 1. The highest BCUT2D eigenvalue weighted by Crippen LogP contribution is 2.29. The summed E-state index contributed by atoms with van der Waals surface area (Å²) in [5, 5.41) is 10.1. The number of H-pyrrole nitrogens is 1. The van der Waals surface area contributed by atoms with Gasteiger partial charge in [-0.05, 0) is 35.8 Å². The fourth-order valence-corrected chi connectivity index (χ4v) is 2.43. The molecule has 2 rings (SSSR count). The molecule has 0 fully saturated rings. The molecule has 0 bridgehead atoms. The minimum absolute atomic E-state index is 0.350. The highest BCUT2D eigenvalue weighted by Gasteiger charge is 2.36. The van der Waals surface area contributed by atoms with Crippen LogP contribution in [-0.2, 0) is 4.79 Å². The second kappa shape index (κ2) is 4.94. The van der Waals surface area contributed by atoms with Gasteiger partial charge in [-0.25, -0.2) is 4.79 Å². The number of likely N-dealkylation sites (N-methyl/N-ethyl adjacent to an activating group) is 1. The molecule has 0 atom stereocenters. The van der Waals surface area contributed by atoms with E-state index in [9.17, 15) is 14.7 Å². The molecule has 0 radical (unpaired) electrons. The van der Waals surface area contributed by atoms with Crippen molar-refractivity contribution in [1.82, 2.24) is 9.88 Å². The number of benzene rings is 1. The number of aromatic amines is 1. The molecule has 106 valence electrons. The van der Waals surface area contributed by atoms with Gasteiger partial charge in [-0.3, -0.25) is 4.79 Å². The van der Waals surface area contributed by atoms with Gasteiger partial charge in [-0.2, -0.15) is 0 Å². The number of aromatic nitrogens is 1. The number of nitrogens with zero attached hydrogens (tertiary/aromatic N) is 1. The number of aliphatic carboxylic acids is 1. The number of hydrogen-bond donors (Lipinski definition) is 2. The Labute approximate surface area is 124 Å². The van der Waals surface area contributed by atoms with Crippen LogP contribution in [0.3, 0.4) is 0 Å². The van der Waals surface area contributed by atoms with E-state index >= 15 is 0 Å². The van der Waals surface area contributed by atoms with Crippen molar-refractivity contribution in [2.24, 2.45) is 0 Å². The number of halogens is 1. The number of rotatable bonds is 3. The molecule has 2 N–H and O–H groups in total. The first kappa shape index (κ1) is 14.6. The van der Waals surface area contributed by atoms with E-state index in [-0.39, 0.29) is 5.91 Å². The van der Waals surface area contributed by atoms with Crippen molar-refractivity contribution in [3.8, 4) is 0 Å². The number of hydrogen-bond acceptors (Lipinski definition) is 2. The van der Waals surface area contributed by atoms with E-state index in [0.717, 1.165) is 10.9 Å². The predicted octanol–water partition coefficient (Wildman–Crippen LogP) is 2.87. The van der Waals surface area contributed by atoms with Gasteiger partial charge in [-0.15, -0.1) is 0 Å². The summed E-state index contributed by atoms with van der Waals surface area (Å²) in [6.45, 7) is 2.98. The second-order valence-corrected chi connectivity index (χ2v) is 5.88. The van der Waals surface area contributed by atoms with Gasteiger partial charge < -0.3 is 15.0 Å². The van der Waals surface area contributed by atoms with E-state index in [1.54, 1.807) is 0 Å². The number of para-hydroxylation sites is 1. The molecule has 1 heterocycles. The predicted molar refractivity (Wildman–Crippen MR) is 79.8 cm³/mol. The molecule has 5 nitrogen and oxygen atoms in total. The fourth-order valence-electron chi connectivity index (χ4n) is 1.82. The molecular formula is C14H15BrN2O3. The van der Waals surface area contributed by atoms with Crippen molar-refractivity contribution in [3.63, 3.8) is 0 Å². The van der Waals surface area contributed by atoms with Gasteiger partial charge in [-0.1, -0.05) is 18.2 Å². The van der Waals surface area contributed by atoms with Crippen LogP contribution >= 0.6 is 15.9 Å². The van der Waals surface area contributed by atoms with Crippen molar-refractivity contribution in [2.75, 3.05) is 7.05 Å². The van der Waals surface area contributed by atoms with Gasteiger partial charge in [0, 0.05) is 18.0 Å². The molecular weight excluding hydrogens is 324 g/mol. The molecule has 2 aromatic rings. The van der Waals surface area contributed by atoms with Crippen LogP contribution in [0.1, 0.15) is 24.3 Å². The molecule has 0 saturated carbocycles. The number of carboxylic acids is 1. The molecule has 0 saturated heterocycles. The summed E-state index contributed by atoms with van der Waals surface area (Å²) >= 11 is 3.40. The van der Waals surface area contributed by atoms with Gasteiger partial charge in [0.15, 0.2) is 0 Å². The summed E-state index contributed by atoms with van der Waals surface area (Å²) in [4.78, 5) is 28.0. The lowest BCUT2D eigenvalue weighted by Gasteiger charge is -2.31. The number of carbonyl (C=O) groups excluding carboxylic acids is 1. The van der Waals surface area contributed by atoms with E-state index < -0.39 is 11.5 Å². The quantitative estimate of drug-likeness (QED) is 0.903. The summed E-state index contributed by atoms with van der Waals surface area (Å²) in [5.41, 5.74) is -0.111. The SMILES string of the molecule is CN(C(=O)c1[nH]c2ccccc2c1Br)C(C)(C)C(=O)O. The summed E-state index contributed by atoms with van der Waals surface area (Å²) in [7, 11) is 1.48. The van der Waals surface area contributed by atoms with Crippen LogP contribution in [0.15, 0.2) is 28.7 Å². The zero-order valence-electron chi connectivity index (χ0n) is 11.4. The van der Waals surface area contributed by atoms with Gasteiger partial charge in [0.1, 0.15) is 11.2 Å². The first-order valence-corrected chi connectivity index (χ1v) is 6.84. The van der Waals surface area contributed by atoms with Crippen LogP contribution in [0.4, 0.5) is 0 Å². The third kappa shape index (κ3) is 2.20. The zero-order chi connectivity index (χ0) is 15.1. The zero-order valence-corrected chi connectivity index (χ0v) is 13.0. The van der Waals surface area contributed by atoms with Crippen LogP contribution in [0.2, 0.25) is 0 Å². The highest BCUT2D eigenvalue weighted by atomic mass is 79.9. The molecule has 0 unspecified atom stereocenters. The standard InChI is InChI=1S/C14H15BrN2O3/c1-14(2,13(19)20)17(3)12(18)11-10(15)8-6-4-5-7-9(8)16-11/h4-7,16H,1-3H3,(H,19,20). The molecule has 1 aromatic carbocycles. The Morgan fingerprint density at radius 3 is 2.45 bits per heavy atom. The van der Waals surface area contributed by atoms with E-state index in [4.69, 9.17) is 0 Å². The first-order valence-electron chi connectivity index (χ1n) is 6.04. The van der Waals surface area contributed by atoms with Crippen LogP contribution in [0.25, 0.3) is 10.9 Å². The second-order valence-electron chi connectivity index (χ2n) is 5.09. The van der Waals surface area contributed by atoms with Crippen LogP contribution in [0, 0.1) is 0 Å². The summed E-state index contributed by atoms with van der Waals surface area (Å²) in [5.74, 6) is -1.43. The summed E-state index contributed by atoms with van der Waals surface area (Å²) in [6, 6.07) is 7.48. The number of carbonyl (C=O) groups is 2. The molecule has 0 aliphatic rings. The minimum atomic E-state index is -1.28. The van der Waals surface area contributed by atoms with Gasteiger partial charge in [0.2, 0.25) is 0 Å².